The molecule has 21 heavy (non-hydrogen) atoms. The number of nitrogen functional groups attached to an aromatic ring is 1. The van der Waals surface area contributed by atoms with Crippen LogP contribution in [0.25, 0.3) is 0 Å². The van der Waals surface area contributed by atoms with E-state index in [9.17, 15) is 4.79 Å². The molecule has 2 aromatic heterocycles. The van der Waals surface area contributed by atoms with Gasteiger partial charge in [-0.2, -0.15) is 5.10 Å². The van der Waals surface area contributed by atoms with Crippen LogP contribution in [-0.4, -0.2) is 25.3 Å². The van der Waals surface area contributed by atoms with Crippen molar-refractivity contribution in [3.63, 3.8) is 0 Å². The fourth-order valence-corrected chi connectivity index (χ4v) is 2.07. The van der Waals surface area contributed by atoms with E-state index < -0.39 is 5.97 Å². The Hall–Kier alpha value is -2.31. The van der Waals surface area contributed by atoms with Crippen molar-refractivity contribution >= 4 is 11.7 Å². The molecule has 0 atom stereocenters. The number of carbonyl (C=O) groups is 1. The van der Waals surface area contributed by atoms with E-state index in [0.29, 0.717) is 29.7 Å². The Morgan fingerprint density at radius 2 is 2.24 bits per heavy atom. The number of nitrogens with two attached hydrogens (primary N) is 1. The zero-order valence-electron chi connectivity index (χ0n) is 12.6. The summed E-state index contributed by atoms with van der Waals surface area (Å²) in [5, 5.41) is 4.13. The number of carbonyl (C=O) groups excluding carboxylic acids is 1. The van der Waals surface area contributed by atoms with E-state index in [1.165, 1.54) is 6.33 Å². The third-order valence-corrected chi connectivity index (χ3v) is 3.03. The lowest BCUT2D eigenvalue weighted by Crippen LogP contribution is -2.15. The molecule has 0 amide bonds. The molecule has 0 aliphatic rings. The van der Waals surface area contributed by atoms with Gasteiger partial charge in [0.05, 0.1) is 5.69 Å². The number of aromatic nitrogens is 4. The minimum absolute atomic E-state index is 0.0976. The molecule has 0 spiro atoms. The molecule has 0 radical (unpaired) electrons. The first-order valence-electron chi connectivity index (χ1n) is 7.00. The molecule has 2 aromatic rings. The molecule has 7 nitrogen and oxygen atoms in total. The molecule has 0 saturated heterocycles. The Labute approximate surface area is 123 Å². The average molecular weight is 291 g/mol. The Kier molecular flexibility index (Phi) is 4.62. The van der Waals surface area contributed by atoms with Crippen LogP contribution in [0.15, 0.2) is 18.6 Å². The SMILES string of the molecule is CCn1cc(N)cc1C(=O)OCc1ncnn1CC(C)C. The number of aryl methyl sites for hydroxylation is 1. The second kappa shape index (κ2) is 6.43. The predicted molar refractivity (Wildman–Crippen MR) is 78.5 cm³/mol. The largest absolute Gasteiger partial charge is 0.453 e. The number of ether oxygens (including phenoxy) is 1. The molecule has 0 aliphatic carbocycles. The van der Waals surface area contributed by atoms with E-state index in [4.69, 9.17) is 10.5 Å². The van der Waals surface area contributed by atoms with E-state index >= 15 is 0 Å². The summed E-state index contributed by atoms with van der Waals surface area (Å²) in [6, 6.07) is 1.62. The second-order valence-corrected chi connectivity index (χ2v) is 5.27. The van der Waals surface area contributed by atoms with Gasteiger partial charge < -0.3 is 15.0 Å². The molecule has 0 saturated carbocycles. The smallest absolute Gasteiger partial charge is 0.355 e. The molecule has 0 fully saturated rings. The van der Waals surface area contributed by atoms with Gasteiger partial charge in [0.1, 0.15) is 12.0 Å². The van der Waals surface area contributed by atoms with Crippen LogP contribution in [-0.2, 0) is 24.4 Å². The van der Waals surface area contributed by atoms with E-state index in [1.807, 2.05) is 6.92 Å². The number of hydrogen-bond acceptors (Lipinski definition) is 5. The van der Waals surface area contributed by atoms with Crippen molar-refractivity contribution in [3.8, 4) is 0 Å². The van der Waals surface area contributed by atoms with E-state index in [-0.39, 0.29) is 6.61 Å². The van der Waals surface area contributed by atoms with Crippen LogP contribution in [0.2, 0.25) is 0 Å². The van der Waals surface area contributed by atoms with Gasteiger partial charge in [-0.15, -0.1) is 0 Å². The summed E-state index contributed by atoms with van der Waals surface area (Å²) in [6.45, 7) is 7.62. The minimum Gasteiger partial charge on any atom is -0.453 e. The van der Waals surface area contributed by atoms with Gasteiger partial charge in [0.25, 0.3) is 0 Å². The Morgan fingerprint density at radius 3 is 2.90 bits per heavy atom. The number of hydrogen-bond donors (Lipinski definition) is 1. The lowest BCUT2D eigenvalue weighted by Gasteiger charge is -2.09. The van der Waals surface area contributed by atoms with Crippen LogP contribution in [0.4, 0.5) is 5.69 Å². The maximum Gasteiger partial charge on any atom is 0.355 e. The lowest BCUT2D eigenvalue weighted by atomic mass is 10.2. The number of rotatable bonds is 6. The van der Waals surface area contributed by atoms with Crippen molar-refractivity contribution in [3.05, 3.63) is 30.1 Å². The number of anilines is 1. The van der Waals surface area contributed by atoms with Crippen molar-refractivity contribution in [2.24, 2.45) is 5.92 Å². The highest BCUT2D eigenvalue weighted by molar-refractivity contribution is 5.89. The highest BCUT2D eigenvalue weighted by Crippen LogP contribution is 2.13. The summed E-state index contributed by atoms with van der Waals surface area (Å²) in [7, 11) is 0. The first-order valence-corrected chi connectivity index (χ1v) is 7.00. The van der Waals surface area contributed by atoms with E-state index in [0.717, 1.165) is 6.54 Å². The molecule has 0 aromatic carbocycles. The van der Waals surface area contributed by atoms with Crippen LogP contribution in [0.1, 0.15) is 37.1 Å². The number of esters is 1. The highest BCUT2D eigenvalue weighted by atomic mass is 16.5. The Bertz CT molecular complexity index is 615. The van der Waals surface area contributed by atoms with Gasteiger partial charge in [-0.3, -0.25) is 0 Å². The summed E-state index contributed by atoms with van der Waals surface area (Å²) < 4.78 is 8.83. The van der Waals surface area contributed by atoms with Crippen LogP contribution in [0.3, 0.4) is 0 Å². The third kappa shape index (κ3) is 3.62. The van der Waals surface area contributed by atoms with E-state index in [2.05, 4.69) is 23.9 Å². The molecule has 0 aliphatic heterocycles. The molecule has 0 bridgehead atoms. The summed E-state index contributed by atoms with van der Waals surface area (Å²) in [6.07, 6.45) is 3.19. The van der Waals surface area contributed by atoms with Crippen molar-refractivity contribution in [2.45, 2.75) is 40.5 Å². The first kappa shape index (κ1) is 15.1. The van der Waals surface area contributed by atoms with Gasteiger partial charge in [0.2, 0.25) is 0 Å². The normalized spacial score (nSPS) is 11.0. The fraction of sp³-hybridized carbons (Fsp3) is 0.500. The molecule has 7 heteroatoms. The molecule has 2 heterocycles. The van der Waals surface area contributed by atoms with Crippen molar-refractivity contribution < 1.29 is 9.53 Å². The monoisotopic (exact) mass is 291 g/mol. The summed E-state index contributed by atoms with van der Waals surface area (Å²) in [5.74, 6) is 0.672. The minimum atomic E-state index is -0.410. The standard InChI is InChI=1S/C14H21N5O2/c1-4-18-7-11(15)5-12(18)14(20)21-8-13-16-9-17-19(13)6-10(2)3/h5,7,9-10H,4,6,8,15H2,1-3H3. The van der Waals surface area contributed by atoms with Crippen LogP contribution in [0.5, 0.6) is 0 Å². The Balaban J connectivity index is 2.02. The van der Waals surface area contributed by atoms with Gasteiger partial charge in [0.15, 0.2) is 12.4 Å². The van der Waals surface area contributed by atoms with Crippen LogP contribution < -0.4 is 5.73 Å². The molecule has 2 N–H and O–H groups in total. The second-order valence-electron chi connectivity index (χ2n) is 5.27. The van der Waals surface area contributed by atoms with Gasteiger partial charge >= 0.3 is 5.97 Å². The molecular weight excluding hydrogens is 270 g/mol. The molecule has 2 rings (SSSR count). The predicted octanol–water partition coefficient (Wildman–Crippen LogP) is 1.69. The summed E-state index contributed by atoms with van der Waals surface area (Å²) in [5.41, 5.74) is 6.70. The van der Waals surface area contributed by atoms with Gasteiger partial charge in [-0.1, -0.05) is 13.8 Å². The first-order chi connectivity index (χ1) is 10.0. The molecule has 0 unspecified atom stereocenters. The Morgan fingerprint density at radius 1 is 1.48 bits per heavy atom. The van der Waals surface area contributed by atoms with E-state index in [1.54, 1.807) is 21.5 Å². The number of nitrogens with zero attached hydrogens (tertiary/aromatic N) is 4. The van der Waals surface area contributed by atoms with Crippen LogP contribution >= 0.6 is 0 Å². The fourth-order valence-electron chi connectivity index (χ4n) is 2.07. The lowest BCUT2D eigenvalue weighted by molar-refractivity contribution is 0.0443. The van der Waals surface area contributed by atoms with Crippen molar-refractivity contribution in [1.82, 2.24) is 19.3 Å². The quantitative estimate of drug-likeness (QED) is 0.818. The van der Waals surface area contributed by atoms with Gasteiger partial charge in [-0.25, -0.2) is 14.5 Å². The molecular formula is C14H21N5O2. The van der Waals surface area contributed by atoms with Gasteiger partial charge in [-0.05, 0) is 18.9 Å². The maximum atomic E-state index is 12.1. The van der Waals surface area contributed by atoms with Crippen LogP contribution in [0, 0.1) is 5.92 Å². The highest BCUT2D eigenvalue weighted by Gasteiger charge is 2.15. The summed E-state index contributed by atoms with van der Waals surface area (Å²) in [4.78, 5) is 16.2. The topological polar surface area (TPSA) is 88.0 Å². The zero-order chi connectivity index (χ0) is 15.4. The molecule has 114 valence electrons. The van der Waals surface area contributed by atoms with Crippen molar-refractivity contribution in [2.75, 3.05) is 5.73 Å². The summed E-state index contributed by atoms with van der Waals surface area (Å²) >= 11 is 0. The van der Waals surface area contributed by atoms with Gasteiger partial charge in [0, 0.05) is 19.3 Å². The zero-order valence-corrected chi connectivity index (χ0v) is 12.6. The maximum absolute atomic E-state index is 12.1. The average Bonchev–Trinajstić information content (AvgIpc) is 3.01. The van der Waals surface area contributed by atoms with Crippen molar-refractivity contribution in [1.29, 1.82) is 0 Å². The third-order valence-electron chi connectivity index (χ3n) is 3.03.